The molecule has 2 rings (SSSR count). The number of carbonyl (C=O) groups is 1. The van der Waals surface area contributed by atoms with Crippen LogP contribution in [0.5, 0.6) is 0 Å². The molecule has 1 fully saturated rings. The molecule has 5 nitrogen and oxygen atoms in total. The average molecular weight is 236 g/mol. The van der Waals surface area contributed by atoms with Crippen LogP contribution >= 0.6 is 0 Å². The molecular weight excluding hydrogens is 216 g/mol. The molecule has 0 spiro atoms. The van der Waals surface area contributed by atoms with Crippen LogP contribution in [0.4, 0.5) is 0 Å². The predicted molar refractivity (Wildman–Crippen MR) is 65.3 cm³/mol. The summed E-state index contributed by atoms with van der Waals surface area (Å²) in [6.07, 6.45) is 6.59. The fraction of sp³-hybridized carbons (Fsp3) is 0.667. The largest absolute Gasteiger partial charge is 0.368 e. The molecule has 0 aliphatic heterocycles. The molecule has 1 aromatic heterocycles. The van der Waals surface area contributed by atoms with Gasteiger partial charge < -0.3 is 5.73 Å². The molecule has 1 aliphatic rings. The molecule has 17 heavy (non-hydrogen) atoms. The Morgan fingerprint density at radius 2 is 2.24 bits per heavy atom. The van der Waals surface area contributed by atoms with Crippen LogP contribution in [-0.4, -0.2) is 21.7 Å². The van der Waals surface area contributed by atoms with Crippen LogP contribution in [0, 0.1) is 6.92 Å². The normalized spacial score (nSPS) is 18.5. The van der Waals surface area contributed by atoms with Crippen molar-refractivity contribution in [2.45, 2.75) is 44.7 Å². The first-order valence-corrected chi connectivity index (χ1v) is 6.13. The van der Waals surface area contributed by atoms with E-state index in [1.54, 1.807) is 4.68 Å². The van der Waals surface area contributed by atoms with Gasteiger partial charge >= 0.3 is 0 Å². The van der Waals surface area contributed by atoms with Crippen LogP contribution in [0.3, 0.4) is 0 Å². The maximum absolute atomic E-state index is 11.6. The molecule has 0 saturated heterocycles. The number of hydrogen-bond acceptors (Lipinski definition) is 3. The molecule has 3 N–H and O–H groups in total. The van der Waals surface area contributed by atoms with Crippen molar-refractivity contribution in [1.29, 1.82) is 0 Å². The average Bonchev–Trinajstić information content (AvgIpc) is 2.84. The highest BCUT2D eigenvalue weighted by atomic mass is 16.1. The van der Waals surface area contributed by atoms with Crippen LogP contribution in [0.15, 0.2) is 6.20 Å². The van der Waals surface area contributed by atoms with Crippen molar-refractivity contribution in [2.75, 3.05) is 0 Å². The molecule has 0 aromatic carbocycles. The highest BCUT2D eigenvalue weighted by molar-refractivity contribution is 5.81. The van der Waals surface area contributed by atoms with E-state index in [-0.39, 0.29) is 5.91 Å². The molecule has 0 bridgehead atoms. The van der Waals surface area contributed by atoms with Crippen LogP contribution in [0.1, 0.15) is 43.0 Å². The summed E-state index contributed by atoms with van der Waals surface area (Å²) in [6, 6.07) is -0.00101. The van der Waals surface area contributed by atoms with Crippen LogP contribution in [-0.2, 0) is 11.8 Å². The van der Waals surface area contributed by atoms with E-state index >= 15 is 0 Å². The van der Waals surface area contributed by atoms with Gasteiger partial charge in [-0.15, -0.1) is 0 Å². The van der Waals surface area contributed by atoms with Gasteiger partial charge in [-0.05, 0) is 19.8 Å². The third-order valence-electron chi connectivity index (χ3n) is 3.40. The number of nitrogens with two attached hydrogens (primary N) is 1. The number of carbonyl (C=O) groups excluding carboxylic acids is 1. The van der Waals surface area contributed by atoms with E-state index in [1.165, 1.54) is 12.8 Å². The lowest BCUT2D eigenvalue weighted by Crippen LogP contribution is -2.39. The lowest BCUT2D eigenvalue weighted by molar-refractivity contribution is -0.120. The molecule has 5 heteroatoms. The predicted octanol–water partition coefficient (Wildman–Crippen LogP) is 0.787. The maximum Gasteiger partial charge on any atom is 0.239 e. The van der Waals surface area contributed by atoms with E-state index < -0.39 is 6.04 Å². The van der Waals surface area contributed by atoms with Gasteiger partial charge in [-0.2, -0.15) is 5.10 Å². The third-order valence-corrected chi connectivity index (χ3v) is 3.40. The molecule has 1 aliphatic carbocycles. The minimum Gasteiger partial charge on any atom is -0.368 e. The summed E-state index contributed by atoms with van der Waals surface area (Å²) in [6.45, 7) is 1.90. The Kier molecular flexibility index (Phi) is 3.47. The second kappa shape index (κ2) is 4.87. The molecule has 1 heterocycles. The van der Waals surface area contributed by atoms with Gasteiger partial charge in [0.1, 0.15) is 6.04 Å². The van der Waals surface area contributed by atoms with Gasteiger partial charge in [-0.3, -0.25) is 14.8 Å². The van der Waals surface area contributed by atoms with Gasteiger partial charge in [0.05, 0.1) is 5.69 Å². The first-order chi connectivity index (χ1) is 8.08. The zero-order valence-corrected chi connectivity index (χ0v) is 10.4. The highest BCUT2D eigenvalue weighted by Crippen LogP contribution is 2.23. The monoisotopic (exact) mass is 236 g/mol. The summed E-state index contributed by atoms with van der Waals surface area (Å²) in [5, 5.41) is 7.62. The van der Waals surface area contributed by atoms with Gasteiger partial charge in [0.25, 0.3) is 0 Å². The molecule has 1 atom stereocenters. The smallest absolute Gasteiger partial charge is 0.239 e. The molecule has 0 radical (unpaired) electrons. The Bertz CT molecular complexity index is 407. The van der Waals surface area contributed by atoms with E-state index in [9.17, 15) is 4.79 Å². The number of rotatable bonds is 4. The molecule has 1 saturated carbocycles. The Morgan fingerprint density at radius 1 is 1.59 bits per heavy atom. The second-order valence-corrected chi connectivity index (χ2v) is 4.83. The fourth-order valence-electron chi connectivity index (χ4n) is 2.55. The van der Waals surface area contributed by atoms with Crippen molar-refractivity contribution in [3.8, 4) is 0 Å². The Balaban J connectivity index is 2.16. The Hall–Kier alpha value is -1.36. The number of amides is 1. The summed E-state index contributed by atoms with van der Waals surface area (Å²) in [5.41, 5.74) is 7.24. The minimum atomic E-state index is -0.410. The minimum absolute atomic E-state index is 0.326. The standard InChI is InChI=1S/C12H20N4O/c1-8-10(7-16(2)15-8)11(12(13)17)14-9-5-3-4-6-9/h7,9,11,14H,3-6H2,1-2H3,(H2,13,17). The number of aryl methyl sites for hydroxylation is 2. The van der Waals surface area contributed by atoms with Crippen LogP contribution < -0.4 is 11.1 Å². The second-order valence-electron chi connectivity index (χ2n) is 4.83. The summed E-state index contributed by atoms with van der Waals surface area (Å²) < 4.78 is 1.72. The zero-order chi connectivity index (χ0) is 12.4. The third kappa shape index (κ3) is 2.66. The van der Waals surface area contributed by atoms with E-state index in [0.717, 1.165) is 24.1 Å². The van der Waals surface area contributed by atoms with Gasteiger partial charge in [0, 0.05) is 24.8 Å². The maximum atomic E-state index is 11.6. The SMILES string of the molecule is Cc1nn(C)cc1C(NC1CCCC1)C(N)=O. The van der Waals surface area contributed by atoms with E-state index in [1.807, 2.05) is 20.2 Å². The van der Waals surface area contributed by atoms with Crippen molar-refractivity contribution in [3.05, 3.63) is 17.5 Å². The lowest BCUT2D eigenvalue weighted by Gasteiger charge is -2.19. The summed E-state index contributed by atoms with van der Waals surface area (Å²) in [4.78, 5) is 11.6. The van der Waals surface area contributed by atoms with Gasteiger partial charge in [0.15, 0.2) is 0 Å². The van der Waals surface area contributed by atoms with Gasteiger partial charge in [0.2, 0.25) is 5.91 Å². The van der Waals surface area contributed by atoms with Crippen LogP contribution in [0.25, 0.3) is 0 Å². The van der Waals surface area contributed by atoms with Crippen molar-refractivity contribution in [2.24, 2.45) is 12.8 Å². The van der Waals surface area contributed by atoms with E-state index in [0.29, 0.717) is 6.04 Å². The topological polar surface area (TPSA) is 72.9 Å². The number of nitrogens with zero attached hydrogens (tertiary/aromatic N) is 2. The van der Waals surface area contributed by atoms with Gasteiger partial charge in [-0.1, -0.05) is 12.8 Å². The zero-order valence-electron chi connectivity index (χ0n) is 10.4. The molecule has 1 amide bonds. The molecular formula is C12H20N4O. The van der Waals surface area contributed by atoms with E-state index in [2.05, 4.69) is 10.4 Å². The summed E-state index contributed by atoms with van der Waals surface area (Å²) >= 11 is 0. The number of hydrogen-bond donors (Lipinski definition) is 2. The van der Waals surface area contributed by atoms with Crippen molar-refractivity contribution in [1.82, 2.24) is 15.1 Å². The van der Waals surface area contributed by atoms with E-state index in [4.69, 9.17) is 5.73 Å². The molecule has 1 aromatic rings. The number of primary amides is 1. The molecule has 94 valence electrons. The van der Waals surface area contributed by atoms with Crippen molar-refractivity contribution in [3.63, 3.8) is 0 Å². The quantitative estimate of drug-likeness (QED) is 0.811. The van der Waals surface area contributed by atoms with Crippen molar-refractivity contribution >= 4 is 5.91 Å². The number of nitrogens with one attached hydrogen (secondary N) is 1. The lowest BCUT2D eigenvalue weighted by atomic mass is 10.1. The Morgan fingerprint density at radius 3 is 2.71 bits per heavy atom. The molecule has 1 unspecified atom stereocenters. The van der Waals surface area contributed by atoms with Crippen molar-refractivity contribution < 1.29 is 4.79 Å². The summed E-state index contributed by atoms with van der Waals surface area (Å²) in [5.74, 6) is -0.326. The van der Waals surface area contributed by atoms with Crippen LogP contribution in [0.2, 0.25) is 0 Å². The summed E-state index contributed by atoms with van der Waals surface area (Å²) in [7, 11) is 1.85. The Labute approximate surface area is 101 Å². The first-order valence-electron chi connectivity index (χ1n) is 6.13. The first kappa shape index (κ1) is 12.1. The fourth-order valence-corrected chi connectivity index (χ4v) is 2.55. The number of aromatic nitrogens is 2. The highest BCUT2D eigenvalue weighted by Gasteiger charge is 2.26. The van der Waals surface area contributed by atoms with Gasteiger partial charge in [-0.25, -0.2) is 0 Å².